The van der Waals surface area contributed by atoms with Gasteiger partial charge in [0.05, 0.1) is 13.0 Å². The van der Waals surface area contributed by atoms with Gasteiger partial charge in [0.25, 0.3) is 5.91 Å². The van der Waals surface area contributed by atoms with Crippen molar-refractivity contribution in [1.82, 2.24) is 9.62 Å². The first-order valence-corrected chi connectivity index (χ1v) is 10.4. The number of carbonyl (C=O) groups excluding carboxylic acids is 1. The van der Waals surface area contributed by atoms with Crippen LogP contribution in [-0.2, 0) is 14.8 Å². The Labute approximate surface area is 159 Å². The molecule has 1 fully saturated rings. The molecule has 1 heterocycles. The zero-order chi connectivity index (χ0) is 20.0. The third-order valence-corrected chi connectivity index (χ3v) is 6.52. The van der Waals surface area contributed by atoms with Crippen LogP contribution in [0.4, 0.5) is 0 Å². The van der Waals surface area contributed by atoms with Crippen LogP contribution < -0.4 is 10.1 Å². The minimum atomic E-state index is -3.76. The number of hydrogen-bond donors (Lipinski definition) is 2. The second-order valence-electron chi connectivity index (χ2n) is 6.51. The van der Waals surface area contributed by atoms with Gasteiger partial charge in [-0.1, -0.05) is 13.3 Å². The van der Waals surface area contributed by atoms with Gasteiger partial charge in [-0.05, 0) is 37.5 Å². The molecule has 0 saturated carbocycles. The summed E-state index contributed by atoms with van der Waals surface area (Å²) in [6.45, 7) is 2.75. The van der Waals surface area contributed by atoms with Crippen LogP contribution in [0, 0.1) is 5.92 Å². The summed E-state index contributed by atoms with van der Waals surface area (Å²) in [5, 5.41) is 11.8. The molecular weight excluding hydrogens is 372 g/mol. The lowest BCUT2D eigenvalue weighted by atomic mass is 10.0. The van der Waals surface area contributed by atoms with Crippen LogP contribution in [0.3, 0.4) is 0 Å². The summed E-state index contributed by atoms with van der Waals surface area (Å²) in [5.74, 6) is -1.99. The lowest BCUT2D eigenvalue weighted by molar-refractivity contribution is -0.141. The smallest absolute Gasteiger partial charge is 0.308 e. The van der Waals surface area contributed by atoms with Crippen LogP contribution in [0.1, 0.15) is 43.0 Å². The Morgan fingerprint density at radius 3 is 2.52 bits per heavy atom. The monoisotopic (exact) mass is 398 g/mol. The van der Waals surface area contributed by atoms with Gasteiger partial charge in [-0.15, -0.1) is 0 Å². The Morgan fingerprint density at radius 2 is 1.96 bits per heavy atom. The summed E-state index contributed by atoms with van der Waals surface area (Å²) in [7, 11) is -2.38. The predicted molar refractivity (Wildman–Crippen MR) is 99.4 cm³/mol. The van der Waals surface area contributed by atoms with Crippen molar-refractivity contribution >= 4 is 21.9 Å². The number of sulfonamides is 1. The van der Waals surface area contributed by atoms with E-state index >= 15 is 0 Å². The van der Waals surface area contributed by atoms with Gasteiger partial charge in [0.2, 0.25) is 10.0 Å². The molecule has 2 rings (SSSR count). The number of hydrogen-bond acceptors (Lipinski definition) is 5. The highest BCUT2D eigenvalue weighted by Crippen LogP contribution is 2.29. The van der Waals surface area contributed by atoms with E-state index in [0.29, 0.717) is 25.9 Å². The molecule has 1 saturated heterocycles. The molecule has 1 atom stereocenters. The van der Waals surface area contributed by atoms with E-state index in [-0.39, 0.29) is 22.8 Å². The molecule has 0 aliphatic carbocycles. The quantitative estimate of drug-likeness (QED) is 0.655. The number of methoxy groups -OCH3 is 1. The lowest BCUT2D eigenvalue weighted by Gasteiger charge is -2.18. The Balaban J connectivity index is 2.23. The molecule has 27 heavy (non-hydrogen) atoms. The van der Waals surface area contributed by atoms with E-state index in [4.69, 9.17) is 4.74 Å². The molecule has 0 spiro atoms. The summed E-state index contributed by atoms with van der Waals surface area (Å²) in [5.41, 5.74) is 0.147. The minimum absolute atomic E-state index is 0.0117. The molecule has 1 unspecified atom stereocenters. The largest absolute Gasteiger partial charge is 0.495 e. The molecule has 1 amide bonds. The fourth-order valence-corrected chi connectivity index (χ4v) is 4.76. The third-order valence-electron chi connectivity index (χ3n) is 4.60. The number of amides is 1. The van der Waals surface area contributed by atoms with Gasteiger partial charge < -0.3 is 15.2 Å². The van der Waals surface area contributed by atoms with Crippen molar-refractivity contribution in [3.05, 3.63) is 23.8 Å². The second kappa shape index (κ2) is 9.18. The van der Waals surface area contributed by atoms with E-state index < -0.39 is 27.8 Å². The number of ether oxygens (including phenoxy) is 1. The highest BCUT2D eigenvalue weighted by Gasteiger charge is 2.30. The third kappa shape index (κ3) is 4.98. The van der Waals surface area contributed by atoms with Crippen LogP contribution in [-0.4, -0.2) is 56.5 Å². The molecule has 8 nitrogen and oxygen atoms in total. The standard InChI is InChI=1S/C18H26N2O6S/c1-3-6-14(18(22)23)12-19-17(21)13-7-8-15(26-2)16(11-13)27(24,25)20-9-4-5-10-20/h7-8,11,14H,3-6,9-10,12H2,1-2H3,(H,19,21)(H,22,23). The molecular formula is C18H26N2O6S. The maximum absolute atomic E-state index is 12.9. The normalized spacial score (nSPS) is 16.1. The van der Waals surface area contributed by atoms with Crippen molar-refractivity contribution in [2.75, 3.05) is 26.7 Å². The number of aliphatic carboxylic acids is 1. The topological polar surface area (TPSA) is 113 Å². The molecule has 1 aromatic carbocycles. The van der Waals surface area contributed by atoms with E-state index in [1.54, 1.807) is 0 Å². The van der Waals surface area contributed by atoms with Crippen LogP contribution in [0.5, 0.6) is 5.75 Å². The van der Waals surface area contributed by atoms with Crippen LogP contribution >= 0.6 is 0 Å². The number of benzene rings is 1. The Hall–Kier alpha value is -2.13. The summed E-state index contributed by atoms with van der Waals surface area (Å²) in [4.78, 5) is 23.6. The van der Waals surface area contributed by atoms with Crippen molar-refractivity contribution < 1.29 is 27.9 Å². The van der Waals surface area contributed by atoms with Gasteiger partial charge in [-0.2, -0.15) is 4.31 Å². The van der Waals surface area contributed by atoms with Gasteiger partial charge in [-0.25, -0.2) is 8.42 Å². The van der Waals surface area contributed by atoms with Crippen LogP contribution in [0.15, 0.2) is 23.1 Å². The molecule has 150 valence electrons. The van der Waals surface area contributed by atoms with Gasteiger partial charge in [-0.3, -0.25) is 9.59 Å². The number of carboxylic acid groups (broad SMARTS) is 1. The SMILES string of the molecule is CCCC(CNC(=O)c1ccc(OC)c(S(=O)(=O)N2CCCC2)c1)C(=O)O. The first-order chi connectivity index (χ1) is 12.8. The van der Waals surface area contributed by atoms with Crippen LogP contribution in [0.25, 0.3) is 0 Å². The Morgan fingerprint density at radius 1 is 1.30 bits per heavy atom. The fourth-order valence-electron chi connectivity index (χ4n) is 3.07. The number of carbonyl (C=O) groups is 2. The fraction of sp³-hybridized carbons (Fsp3) is 0.556. The molecule has 1 aliphatic heterocycles. The number of rotatable bonds is 9. The lowest BCUT2D eigenvalue weighted by Crippen LogP contribution is -2.33. The Kier molecular flexibility index (Phi) is 7.20. The second-order valence-corrected chi connectivity index (χ2v) is 8.42. The molecule has 1 aliphatic rings. The van der Waals surface area contributed by atoms with Crippen molar-refractivity contribution in [2.24, 2.45) is 5.92 Å². The molecule has 1 aromatic rings. The van der Waals surface area contributed by atoms with Crippen LogP contribution in [0.2, 0.25) is 0 Å². The summed E-state index contributed by atoms with van der Waals surface area (Å²) in [6, 6.07) is 4.20. The zero-order valence-electron chi connectivity index (χ0n) is 15.6. The summed E-state index contributed by atoms with van der Waals surface area (Å²) >= 11 is 0. The van der Waals surface area contributed by atoms with Crippen molar-refractivity contribution in [3.63, 3.8) is 0 Å². The first-order valence-electron chi connectivity index (χ1n) is 9.00. The maximum Gasteiger partial charge on any atom is 0.308 e. The molecule has 0 bridgehead atoms. The van der Waals surface area contributed by atoms with E-state index in [9.17, 15) is 23.1 Å². The number of nitrogens with one attached hydrogen (secondary N) is 1. The minimum Gasteiger partial charge on any atom is -0.495 e. The summed E-state index contributed by atoms with van der Waals surface area (Å²) < 4.78 is 32.3. The molecule has 0 radical (unpaired) electrons. The zero-order valence-corrected chi connectivity index (χ0v) is 16.4. The van der Waals surface area contributed by atoms with E-state index in [1.165, 1.54) is 29.6 Å². The molecule has 2 N–H and O–H groups in total. The molecule has 0 aromatic heterocycles. The van der Waals surface area contributed by atoms with Gasteiger partial charge >= 0.3 is 5.97 Å². The highest BCUT2D eigenvalue weighted by atomic mass is 32.2. The predicted octanol–water partition coefficient (Wildman–Crippen LogP) is 1.71. The van der Waals surface area contributed by atoms with E-state index in [1.807, 2.05) is 6.92 Å². The maximum atomic E-state index is 12.9. The van der Waals surface area contributed by atoms with E-state index in [2.05, 4.69) is 5.32 Å². The average Bonchev–Trinajstić information content (AvgIpc) is 3.19. The highest BCUT2D eigenvalue weighted by molar-refractivity contribution is 7.89. The Bertz CT molecular complexity index is 787. The van der Waals surface area contributed by atoms with Gasteiger partial charge in [0, 0.05) is 25.2 Å². The van der Waals surface area contributed by atoms with Crippen molar-refractivity contribution in [1.29, 1.82) is 0 Å². The van der Waals surface area contributed by atoms with Gasteiger partial charge in [0.15, 0.2) is 0 Å². The van der Waals surface area contributed by atoms with Crippen molar-refractivity contribution in [3.8, 4) is 5.75 Å². The number of carboxylic acids is 1. The average molecular weight is 398 g/mol. The van der Waals surface area contributed by atoms with Crippen molar-refractivity contribution in [2.45, 2.75) is 37.5 Å². The summed E-state index contributed by atoms with van der Waals surface area (Å²) in [6.07, 6.45) is 2.74. The first kappa shape index (κ1) is 21.2. The van der Waals surface area contributed by atoms with E-state index in [0.717, 1.165) is 12.8 Å². The van der Waals surface area contributed by atoms with Gasteiger partial charge in [0.1, 0.15) is 10.6 Å². The molecule has 9 heteroatoms. The number of nitrogens with zero attached hydrogens (tertiary/aromatic N) is 1.